The molecular weight excluding hydrogens is 264 g/mol. The summed E-state index contributed by atoms with van der Waals surface area (Å²) < 4.78 is 5.68. The summed E-state index contributed by atoms with van der Waals surface area (Å²) in [4.78, 5) is 16.1. The van der Waals surface area contributed by atoms with Gasteiger partial charge in [0.2, 0.25) is 0 Å². The second kappa shape index (κ2) is 4.88. The molecule has 112 valence electrons. The molecule has 2 heterocycles. The molecule has 1 aliphatic heterocycles. The van der Waals surface area contributed by atoms with Crippen LogP contribution in [-0.2, 0) is 15.1 Å². The van der Waals surface area contributed by atoms with E-state index in [2.05, 4.69) is 10.3 Å². The first-order chi connectivity index (χ1) is 9.92. The third-order valence-corrected chi connectivity index (χ3v) is 3.95. The van der Waals surface area contributed by atoms with Crippen molar-refractivity contribution in [2.24, 2.45) is 0 Å². The number of rotatable bonds is 2. The summed E-state index contributed by atoms with van der Waals surface area (Å²) in [6, 6.07) is 8.06. The van der Waals surface area contributed by atoms with Gasteiger partial charge in [-0.25, -0.2) is 4.79 Å². The van der Waals surface area contributed by atoms with Gasteiger partial charge < -0.3 is 9.72 Å². The van der Waals surface area contributed by atoms with E-state index in [9.17, 15) is 4.79 Å². The highest BCUT2D eigenvalue weighted by molar-refractivity contribution is 5.92. The van der Waals surface area contributed by atoms with Gasteiger partial charge in [0.1, 0.15) is 11.1 Å². The van der Waals surface area contributed by atoms with Gasteiger partial charge in [-0.05, 0) is 46.2 Å². The molecule has 0 amide bonds. The van der Waals surface area contributed by atoms with Crippen LogP contribution in [0.1, 0.15) is 39.2 Å². The number of hydrogen-bond acceptors (Lipinski definition) is 3. The SMILES string of the molecule is CC(C)(C)OC(=O)C1(c2c[nH]c3ccccc23)CCCN1. The third kappa shape index (κ3) is 2.44. The van der Waals surface area contributed by atoms with Crippen LogP contribution in [0.2, 0.25) is 0 Å². The van der Waals surface area contributed by atoms with E-state index >= 15 is 0 Å². The molecule has 2 aromatic rings. The number of H-pyrrole nitrogens is 1. The maximum Gasteiger partial charge on any atom is 0.331 e. The second-order valence-corrected chi connectivity index (χ2v) is 6.69. The van der Waals surface area contributed by atoms with Crippen LogP contribution < -0.4 is 5.32 Å². The van der Waals surface area contributed by atoms with Crippen molar-refractivity contribution in [1.82, 2.24) is 10.3 Å². The van der Waals surface area contributed by atoms with E-state index in [-0.39, 0.29) is 5.97 Å². The molecule has 1 fully saturated rings. The smallest absolute Gasteiger partial charge is 0.331 e. The van der Waals surface area contributed by atoms with E-state index in [0.29, 0.717) is 0 Å². The van der Waals surface area contributed by atoms with Crippen LogP contribution in [0.5, 0.6) is 0 Å². The maximum absolute atomic E-state index is 12.8. The van der Waals surface area contributed by atoms with Crippen molar-refractivity contribution < 1.29 is 9.53 Å². The molecule has 0 spiro atoms. The summed E-state index contributed by atoms with van der Waals surface area (Å²) in [6.07, 6.45) is 3.68. The Hall–Kier alpha value is -1.81. The number of ether oxygens (including phenoxy) is 1. The number of benzene rings is 1. The number of carbonyl (C=O) groups is 1. The third-order valence-electron chi connectivity index (χ3n) is 3.95. The lowest BCUT2D eigenvalue weighted by atomic mass is 9.88. The van der Waals surface area contributed by atoms with E-state index in [1.807, 2.05) is 51.2 Å². The highest BCUT2D eigenvalue weighted by atomic mass is 16.6. The average molecular weight is 286 g/mol. The van der Waals surface area contributed by atoms with Crippen molar-refractivity contribution in [3.05, 3.63) is 36.0 Å². The summed E-state index contributed by atoms with van der Waals surface area (Å²) in [7, 11) is 0. The molecule has 1 atom stereocenters. The Morgan fingerprint density at radius 2 is 2.05 bits per heavy atom. The zero-order valence-electron chi connectivity index (χ0n) is 12.8. The zero-order valence-corrected chi connectivity index (χ0v) is 12.8. The Kier molecular flexibility index (Phi) is 3.29. The topological polar surface area (TPSA) is 54.1 Å². The summed E-state index contributed by atoms with van der Waals surface area (Å²) in [5, 5.41) is 4.47. The predicted molar refractivity (Wildman–Crippen MR) is 83.1 cm³/mol. The summed E-state index contributed by atoms with van der Waals surface area (Å²) >= 11 is 0. The number of nitrogens with one attached hydrogen (secondary N) is 2. The van der Waals surface area contributed by atoms with Crippen LogP contribution >= 0.6 is 0 Å². The van der Waals surface area contributed by atoms with E-state index in [1.54, 1.807) is 0 Å². The fourth-order valence-electron chi connectivity index (χ4n) is 3.05. The lowest BCUT2D eigenvalue weighted by molar-refractivity contribution is -0.163. The van der Waals surface area contributed by atoms with Gasteiger partial charge in [-0.1, -0.05) is 18.2 Å². The van der Waals surface area contributed by atoms with Crippen LogP contribution in [0.3, 0.4) is 0 Å². The molecule has 4 nitrogen and oxygen atoms in total. The minimum Gasteiger partial charge on any atom is -0.458 e. The molecule has 1 saturated heterocycles. The Balaban J connectivity index is 2.07. The van der Waals surface area contributed by atoms with Gasteiger partial charge in [0.25, 0.3) is 0 Å². The van der Waals surface area contributed by atoms with E-state index in [1.165, 1.54) is 0 Å². The van der Waals surface area contributed by atoms with Crippen molar-refractivity contribution in [2.75, 3.05) is 6.54 Å². The Morgan fingerprint density at radius 1 is 1.29 bits per heavy atom. The van der Waals surface area contributed by atoms with Crippen LogP contribution in [0.4, 0.5) is 0 Å². The van der Waals surface area contributed by atoms with E-state index in [4.69, 9.17) is 4.74 Å². The number of aromatic amines is 1. The average Bonchev–Trinajstić information content (AvgIpc) is 3.04. The lowest BCUT2D eigenvalue weighted by Crippen LogP contribution is -2.48. The summed E-state index contributed by atoms with van der Waals surface area (Å²) in [5.74, 6) is -0.183. The van der Waals surface area contributed by atoms with Gasteiger partial charge in [-0.2, -0.15) is 0 Å². The fourth-order valence-corrected chi connectivity index (χ4v) is 3.05. The first-order valence-corrected chi connectivity index (χ1v) is 7.47. The van der Waals surface area contributed by atoms with Crippen molar-refractivity contribution in [1.29, 1.82) is 0 Å². The second-order valence-electron chi connectivity index (χ2n) is 6.69. The van der Waals surface area contributed by atoms with Crippen LogP contribution in [0.25, 0.3) is 10.9 Å². The molecule has 1 aromatic carbocycles. The molecule has 1 aromatic heterocycles. The summed E-state index contributed by atoms with van der Waals surface area (Å²) in [6.45, 7) is 6.55. The number of esters is 1. The fraction of sp³-hybridized carbons (Fsp3) is 0.471. The van der Waals surface area contributed by atoms with Crippen molar-refractivity contribution in [3.8, 4) is 0 Å². The first-order valence-electron chi connectivity index (χ1n) is 7.47. The molecule has 2 N–H and O–H groups in total. The van der Waals surface area contributed by atoms with Crippen molar-refractivity contribution in [3.63, 3.8) is 0 Å². The molecular formula is C17H22N2O2. The quantitative estimate of drug-likeness (QED) is 0.834. The van der Waals surface area contributed by atoms with Gasteiger partial charge in [-0.15, -0.1) is 0 Å². The number of fused-ring (bicyclic) bond motifs is 1. The molecule has 21 heavy (non-hydrogen) atoms. The Morgan fingerprint density at radius 3 is 2.71 bits per heavy atom. The molecule has 0 aliphatic carbocycles. The first kappa shape index (κ1) is 14.1. The van der Waals surface area contributed by atoms with E-state index < -0.39 is 11.1 Å². The maximum atomic E-state index is 12.8. The van der Waals surface area contributed by atoms with Crippen LogP contribution in [-0.4, -0.2) is 23.1 Å². The standard InChI is InChI=1S/C17H22N2O2/c1-16(2,3)21-15(20)17(9-6-10-19-17)13-11-18-14-8-5-4-7-12(13)14/h4-5,7-8,11,18-19H,6,9-10H2,1-3H3. The Labute approximate surface area is 124 Å². The van der Waals surface area contributed by atoms with Gasteiger partial charge in [-0.3, -0.25) is 5.32 Å². The minimum absolute atomic E-state index is 0.183. The zero-order chi connectivity index (χ0) is 15.1. The lowest BCUT2D eigenvalue weighted by Gasteiger charge is -2.31. The molecule has 1 unspecified atom stereocenters. The highest BCUT2D eigenvalue weighted by Gasteiger charge is 2.46. The van der Waals surface area contributed by atoms with Crippen LogP contribution in [0.15, 0.2) is 30.5 Å². The molecule has 0 bridgehead atoms. The number of aromatic nitrogens is 1. The molecule has 1 aliphatic rings. The summed E-state index contributed by atoms with van der Waals surface area (Å²) in [5.41, 5.74) is 0.821. The molecule has 4 heteroatoms. The van der Waals surface area contributed by atoms with Gasteiger partial charge in [0.05, 0.1) is 0 Å². The van der Waals surface area contributed by atoms with Gasteiger partial charge in [0.15, 0.2) is 0 Å². The minimum atomic E-state index is -0.729. The molecule has 3 rings (SSSR count). The van der Waals surface area contributed by atoms with Crippen molar-refractivity contribution >= 4 is 16.9 Å². The van der Waals surface area contributed by atoms with E-state index in [0.717, 1.165) is 35.9 Å². The van der Waals surface area contributed by atoms with Gasteiger partial charge >= 0.3 is 5.97 Å². The highest BCUT2D eigenvalue weighted by Crippen LogP contribution is 2.37. The largest absolute Gasteiger partial charge is 0.458 e. The number of para-hydroxylation sites is 1. The normalized spacial score (nSPS) is 22.6. The molecule has 0 saturated carbocycles. The monoisotopic (exact) mass is 286 g/mol. The number of carbonyl (C=O) groups excluding carboxylic acids is 1. The Bertz CT molecular complexity index is 661. The van der Waals surface area contributed by atoms with Crippen molar-refractivity contribution in [2.45, 2.75) is 44.8 Å². The predicted octanol–water partition coefficient (Wildman–Crippen LogP) is 3.09. The van der Waals surface area contributed by atoms with Crippen LogP contribution in [0, 0.1) is 0 Å². The van der Waals surface area contributed by atoms with Gasteiger partial charge in [0, 0.05) is 22.7 Å². The number of hydrogen-bond donors (Lipinski definition) is 2. The molecule has 0 radical (unpaired) electrons.